The zero-order valence-corrected chi connectivity index (χ0v) is 10.6. The Morgan fingerprint density at radius 1 is 1.32 bits per heavy atom. The number of nitrogens with zero attached hydrogens (tertiary/aromatic N) is 2. The van der Waals surface area contributed by atoms with Crippen LogP contribution >= 0.6 is 0 Å². The van der Waals surface area contributed by atoms with Crippen LogP contribution in [0.3, 0.4) is 0 Å². The summed E-state index contributed by atoms with van der Waals surface area (Å²) >= 11 is 0. The number of rotatable bonds is 2. The highest BCUT2D eigenvalue weighted by atomic mass is 19.4. The summed E-state index contributed by atoms with van der Waals surface area (Å²) in [5.74, 6) is -0.00683. The molecule has 0 radical (unpaired) electrons. The first kappa shape index (κ1) is 13.9. The van der Waals surface area contributed by atoms with Gasteiger partial charge in [0.25, 0.3) is 0 Å². The minimum absolute atomic E-state index is 0.0980. The second-order valence-corrected chi connectivity index (χ2v) is 4.96. The van der Waals surface area contributed by atoms with Gasteiger partial charge < -0.3 is 10.5 Å². The van der Waals surface area contributed by atoms with Gasteiger partial charge in [-0.3, -0.25) is 0 Å². The van der Waals surface area contributed by atoms with Crippen molar-refractivity contribution in [3.8, 4) is 5.88 Å². The molecule has 1 aliphatic rings. The molecular formula is C12H16F3N3O. The molecule has 0 amide bonds. The van der Waals surface area contributed by atoms with Crippen LogP contribution in [-0.4, -0.2) is 16.1 Å². The van der Waals surface area contributed by atoms with Gasteiger partial charge in [-0.05, 0) is 25.2 Å². The van der Waals surface area contributed by atoms with Gasteiger partial charge >= 0.3 is 6.18 Å². The molecule has 19 heavy (non-hydrogen) atoms. The number of alkyl halides is 3. The van der Waals surface area contributed by atoms with E-state index in [1.165, 1.54) is 0 Å². The van der Waals surface area contributed by atoms with Gasteiger partial charge in [0.1, 0.15) is 6.10 Å². The van der Waals surface area contributed by atoms with Gasteiger partial charge in [0.05, 0.1) is 0 Å². The number of aromatic nitrogens is 2. The van der Waals surface area contributed by atoms with Crippen molar-refractivity contribution in [1.82, 2.24) is 9.97 Å². The zero-order valence-electron chi connectivity index (χ0n) is 10.6. The van der Waals surface area contributed by atoms with E-state index in [9.17, 15) is 13.2 Å². The predicted molar refractivity (Wildman–Crippen MR) is 63.5 cm³/mol. The third-order valence-electron chi connectivity index (χ3n) is 3.19. The highest BCUT2D eigenvalue weighted by Crippen LogP contribution is 2.31. The molecule has 2 atom stereocenters. The number of nitrogens with two attached hydrogens (primary N) is 1. The Bertz CT molecular complexity index is 450. The van der Waals surface area contributed by atoms with Crippen LogP contribution in [0.5, 0.6) is 5.88 Å². The lowest BCUT2D eigenvalue weighted by atomic mass is 9.89. The van der Waals surface area contributed by atoms with E-state index in [1.807, 2.05) is 0 Å². The topological polar surface area (TPSA) is 61.0 Å². The molecule has 1 saturated carbocycles. The Kier molecular flexibility index (Phi) is 3.82. The van der Waals surface area contributed by atoms with E-state index >= 15 is 0 Å². The second-order valence-electron chi connectivity index (χ2n) is 4.96. The first-order chi connectivity index (χ1) is 8.84. The summed E-state index contributed by atoms with van der Waals surface area (Å²) in [6, 6.07) is 0.801. The van der Waals surface area contributed by atoms with Gasteiger partial charge in [0.2, 0.25) is 11.8 Å². The largest absolute Gasteiger partial charge is 0.474 e. The fourth-order valence-corrected chi connectivity index (χ4v) is 2.30. The molecule has 1 aromatic rings. The van der Waals surface area contributed by atoms with Crippen molar-refractivity contribution in [2.24, 2.45) is 5.92 Å². The van der Waals surface area contributed by atoms with Crippen LogP contribution in [0.1, 0.15) is 38.3 Å². The highest BCUT2D eigenvalue weighted by Gasteiger charge is 2.34. The molecule has 1 aromatic heterocycles. The first-order valence-electron chi connectivity index (χ1n) is 6.23. The zero-order chi connectivity index (χ0) is 14.0. The van der Waals surface area contributed by atoms with E-state index in [0.29, 0.717) is 5.92 Å². The van der Waals surface area contributed by atoms with Gasteiger partial charge in [-0.25, -0.2) is 4.98 Å². The van der Waals surface area contributed by atoms with Gasteiger partial charge in [0.15, 0.2) is 5.69 Å². The number of ether oxygens (including phenoxy) is 1. The quantitative estimate of drug-likeness (QED) is 0.901. The van der Waals surface area contributed by atoms with Crippen LogP contribution in [0.15, 0.2) is 6.07 Å². The molecule has 0 aromatic carbocycles. The predicted octanol–water partition coefficient (Wildman–Crippen LogP) is 3.04. The lowest BCUT2D eigenvalue weighted by Crippen LogP contribution is -2.25. The molecule has 7 heteroatoms. The van der Waals surface area contributed by atoms with E-state index in [-0.39, 0.29) is 12.0 Å². The van der Waals surface area contributed by atoms with E-state index < -0.39 is 17.8 Å². The van der Waals surface area contributed by atoms with E-state index in [0.717, 1.165) is 31.7 Å². The highest BCUT2D eigenvalue weighted by molar-refractivity contribution is 5.27. The second kappa shape index (κ2) is 5.22. The molecule has 0 spiro atoms. The van der Waals surface area contributed by atoms with Crippen molar-refractivity contribution < 1.29 is 17.9 Å². The Labute approximate surface area is 109 Å². The Morgan fingerprint density at radius 2 is 2.05 bits per heavy atom. The van der Waals surface area contributed by atoms with Crippen LogP contribution < -0.4 is 10.5 Å². The molecular weight excluding hydrogens is 259 g/mol. The molecule has 106 valence electrons. The number of hydrogen-bond acceptors (Lipinski definition) is 4. The summed E-state index contributed by atoms with van der Waals surface area (Å²) in [7, 11) is 0. The molecule has 1 heterocycles. The van der Waals surface area contributed by atoms with Crippen molar-refractivity contribution >= 4 is 5.95 Å². The van der Waals surface area contributed by atoms with Crippen molar-refractivity contribution in [1.29, 1.82) is 0 Å². The summed E-state index contributed by atoms with van der Waals surface area (Å²) in [6.45, 7) is 2.10. The maximum atomic E-state index is 12.6. The van der Waals surface area contributed by atoms with E-state index in [2.05, 4.69) is 16.9 Å². The Morgan fingerprint density at radius 3 is 2.68 bits per heavy atom. The number of anilines is 1. The molecule has 2 unspecified atom stereocenters. The van der Waals surface area contributed by atoms with Crippen LogP contribution in [0, 0.1) is 5.92 Å². The van der Waals surface area contributed by atoms with Crippen LogP contribution in [0.2, 0.25) is 0 Å². The van der Waals surface area contributed by atoms with Crippen molar-refractivity contribution in [3.05, 3.63) is 11.8 Å². The Balaban J connectivity index is 2.14. The molecule has 0 bridgehead atoms. The lowest BCUT2D eigenvalue weighted by Gasteiger charge is -2.27. The summed E-state index contributed by atoms with van der Waals surface area (Å²) in [4.78, 5) is 6.89. The molecule has 1 fully saturated rings. The third kappa shape index (κ3) is 3.71. The first-order valence-corrected chi connectivity index (χ1v) is 6.23. The van der Waals surface area contributed by atoms with Crippen molar-refractivity contribution in [3.63, 3.8) is 0 Å². The smallest absolute Gasteiger partial charge is 0.433 e. The van der Waals surface area contributed by atoms with E-state index in [1.54, 1.807) is 0 Å². The van der Waals surface area contributed by atoms with Crippen molar-refractivity contribution in [2.75, 3.05) is 5.73 Å². The fraction of sp³-hybridized carbons (Fsp3) is 0.667. The summed E-state index contributed by atoms with van der Waals surface area (Å²) in [5.41, 5.74) is 4.22. The molecule has 4 nitrogen and oxygen atoms in total. The standard InChI is InChI=1S/C12H16F3N3O/c1-7-3-2-4-8(5-7)19-10-6-9(12(13,14)15)17-11(16)18-10/h6-8H,2-5H2,1H3,(H2,16,17,18). The molecule has 1 aliphatic carbocycles. The molecule has 0 saturated heterocycles. The SMILES string of the molecule is CC1CCCC(Oc2cc(C(F)(F)F)nc(N)n2)C1. The molecule has 0 aliphatic heterocycles. The number of nitrogen functional groups attached to an aromatic ring is 1. The van der Waals surface area contributed by atoms with Crippen LogP contribution in [-0.2, 0) is 6.18 Å². The molecule has 2 N–H and O–H groups in total. The minimum Gasteiger partial charge on any atom is -0.474 e. The van der Waals surface area contributed by atoms with Gasteiger partial charge in [-0.15, -0.1) is 0 Å². The average molecular weight is 275 g/mol. The summed E-state index contributed by atoms with van der Waals surface area (Å²) < 4.78 is 43.3. The van der Waals surface area contributed by atoms with Gasteiger partial charge in [-0.2, -0.15) is 18.2 Å². The van der Waals surface area contributed by atoms with Gasteiger partial charge in [-0.1, -0.05) is 13.3 Å². The third-order valence-corrected chi connectivity index (χ3v) is 3.19. The van der Waals surface area contributed by atoms with Gasteiger partial charge in [0, 0.05) is 6.07 Å². The lowest BCUT2D eigenvalue weighted by molar-refractivity contribution is -0.141. The maximum Gasteiger partial charge on any atom is 0.433 e. The maximum absolute atomic E-state index is 12.6. The van der Waals surface area contributed by atoms with Crippen molar-refractivity contribution in [2.45, 2.75) is 44.9 Å². The van der Waals surface area contributed by atoms with Crippen LogP contribution in [0.25, 0.3) is 0 Å². The van der Waals surface area contributed by atoms with Crippen LogP contribution in [0.4, 0.5) is 19.1 Å². The average Bonchev–Trinajstić information content (AvgIpc) is 2.26. The monoisotopic (exact) mass is 275 g/mol. The Hall–Kier alpha value is -1.53. The number of hydrogen-bond donors (Lipinski definition) is 1. The molecule has 2 rings (SSSR count). The fourth-order valence-electron chi connectivity index (χ4n) is 2.30. The summed E-state index contributed by atoms with van der Waals surface area (Å²) in [5, 5.41) is 0. The van der Waals surface area contributed by atoms with E-state index in [4.69, 9.17) is 10.5 Å². The minimum atomic E-state index is -4.55. The number of halogens is 3. The summed E-state index contributed by atoms with van der Waals surface area (Å²) in [6.07, 6.45) is -0.854. The normalized spacial score (nSPS) is 24.2.